The molecule has 0 amide bonds. The number of halogens is 1. The summed E-state index contributed by atoms with van der Waals surface area (Å²) in [5.74, 6) is -0.973. The topological polar surface area (TPSA) is 72.9 Å². The van der Waals surface area contributed by atoms with E-state index in [4.69, 9.17) is 21.1 Å². The SMILES string of the molecule is CC[C@H](C)/C=C(C)/C=C/C1=CC2=C(Cl)C(=O)[C@](C)(OC(C)=O)C(=O)C2=CN1c1ccc(OC)cc1. The molecule has 35 heavy (non-hydrogen) atoms. The van der Waals surface area contributed by atoms with E-state index in [0.29, 0.717) is 22.9 Å². The van der Waals surface area contributed by atoms with Crippen molar-refractivity contribution in [2.24, 2.45) is 5.92 Å². The molecule has 0 N–H and O–H groups in total. The van der Waals surface area contributed by atoms with Crippen molar-refractivity contribution >= 4 is 34.8 Å². The summed E-state index contributed by atoms with van der Waals surface area (Å²) in [6.07, 6.45) is 10.4. The number of ether oxygens (including phenoxy) is 2. The standard InChI is InChI=1S/C28H30ClNO5/c1-7-17(2)14-18(3)8-9-21-15-23-24(16-30(21)20-10-12-22(34-6)13-11-20)26(32)28(5,35-19(4)31)27(33)25(23)29/h8-17H,7H2,1-6H3/b9-8+,18-14+/t17-,28+/m0/s1. The lowest BCUT2D eigenvalue weighted by molar-refractivity contribution is -0.167. The van der Waals surface area contributed by atoms with Crippen LogP contribution < -0.4 is 9.64 Å². The van der Waals surface area contributed by atoms with E-state index in [1.165, 1.54) is 6.92 Å². The number of hydrogen-bond donors (Lipinski definition) is 0. The number of carbonyl (C=O) groups excluding carboxylic acids is 3. The average Bonchev–Trinajstić information content (AvgIpc) is 2.84. The smallest absolute Gasteiger partial charge is 0.304 e. The van der Waals surface area contributed by atoms with E-state index in [0.717, 1.165) is 24.6 Å². The van der Waals surface area contributed by atoms with Crippen LogP contribution in [0.2, 0.25) is 0 Å². The highest BCUT2D eigenvalue weighted by Gasteiger charge is 2.52. The van der Waals surface area contributed by atoms with E-state index >= 15 is 0 Å². The van der Waals surface area contributed by atoms with Crippen molar-refractivity contribution in [2.45, 2.75) is 46.6 Å². The monoisotopic (exact) mass is 495 g/mol. The molecule has 1 aromatic rings. The average molecular weight is 496 g/mol. The molecule has 0 saturated heterocycles. The summed E-state index contributed by atoms with van der Waals surface area (Å²) in [7, 11) is 1.59. The van der Waals surface area contributed by atoms with Crippen LogP contribution in [0.25, 0.3) is 0 Å². The Hall–Kier alpha value is -3.38. The van der Waals surface area contributed by atoms with Crippen LogP contribution in [0.1, 0.15) is 41.0 Å². The third-order valence-electron chi connectivity index (χ3n) is 6.07. The van der Waals surface area contributed by atoms with Crippen molar-refractivity contribution in [1.29, 1.82) is 0 Å². The number of anilines is 1. The second-order valence-corrected chi connectivity index (χ2v) is 9.20. The van der Waals surface area contributed by atoms with Gasteiger partial charge in [-0.25, -0.2) is 0 Å². The number of carbonyl (C=O) groups is 3. The van der Waals surface area contributed by atoms with Crippen molar-refractivity contribution in [2.75, 3.05) is 12.0 Å². The van der Waals surface area contributed by atoms with Gasteiger partial charge in [-0.1, -0.05) is 49.6 Å². The zero-order valence-corrected chi connectivity index (χ0v) is 21.6. The molecule has 0 aromatic heterocycles. The van der Waals surface area contributed by atoms with Crippen LogP contribution in [0.4, 0.5) is 5.69 Å². The maximum absolute atomic E-state index is 13.4. The van der Waals surface area contributed by atoms with Crippen LogP contribution in [0.5, 0.6) is 5.75 Å². The summed E-state index contributed by atoms with van der Waals surface area (Å²) < 4.78 is 10.4. The highest BCUT2D eigenvalue weighted by molar-refractivity contribution is 6.49. The minimum atomic E-state index is -2.01. The molecule has 0 bridgehead atoms. The van der Waals surface area contributed by atoms with Gasteiger partial charge >= 0.3 is 5.97 Å². The zero-order valence-electron chi connectivity index (χ0n) is 20.8. The van der Waals surface area contributed by atoms with Crippen molar-refractivity contribution in [1.82, 2.24) is 0 Å². The van der Waals surface area contributed by atoms with Crippen molar-refractivity contribution in [3.05, 3.63) is 82.2 Å². The predicted molar refractivity (Wildman–Crippen MR) is 137 cm³/mol. The number of esters is 1. The van der Waals surface area contributed by atoms with Crippen LogP contribution in [0.3, 0.4) is 0 Å². The highest BCUT2D eigenvalue weighted by atomic mass is 35.5. The highest BCUT2D eigenvalue weighted by Crippen LogP contribution is 2.40. The molecule has 3 rings (SSSR count). The third kappa shape index (κ3) is 5.33. The second-order valence-electron chi connectivity index (χ2n) is 8.82. The fourth-order valence-electron chi connectivity index (χ4n) is 3.94. The van der Waals surface area contributed by atoms with E-state index in [2.05, 4.69) is 19.9 Å². The summed E-state index contributed by atoms with van der Waals surface area (Å²) in [6, 6.07) is 7.35. The first-order chi connectivity index (χ1) is 16.5. The lowest BCUT2D eigenvalue weighted by atomic mass is 9.79. The molecule has 2 aliphatic rings. The number of benzene rings is 1. The molecule has 0 saturated carbocycles. The minimum Gasteiger partial charge on any atom is -0.497 e. The Kier molecular flexibility index (Phi) is 7.86. The molecule has 1 aliphatic heterocycles. The van der Waals surface area contributed by atoms with E-state index in [1.807, 2.05) is 48.2 Å². The van der Waals surface area contributed by atoms with Crippen LogP contribution in [0.15, 0.2) is 82.2 Å². The molecule has 2 atom stereocenters. The summed E-state index contributed by atoms with van der Waals surface area (Å²) in [6.45, 7) is 8.74. The first kappa shape index (κ1) is 26.2. The van der Waals surface area contributed by atoms with Crippen molar-refractivity contribution in [3.63, 3.8) is 0 Å². The second kappa shape index (κ2) is 10.5. The molecule has 0 fully saturated rings. The summed E-state index contributed by atoms with van der Waals surface area (Å²) in [5.41, 5.74) is 1.05. The van der Waals surface area contributed by atoms with Gasteiger partial charge in [0.1, 0.15) is 5.75 Å². The minimum absolute atomic E-state index is 0.147. The molecule has 0 spiro atoms. The number of rotatable bonds is 7. The van der Waals surface area contributed by atoms with E-state index < -0.39 is 23.1 Å². The zero-order chi connectivity index (χ0) is 25.9. The van der Waals surface area contributed by atoms with Gasteiger partial charge in [-0.05, 0) is 56.2 Å². The Labute approximate surface area is 211 Å². The van der Waals surface area contributed by atoms with E-state index in [1.54, 1.807) is 19.4 Å². The summed E-state index contributed by atoms with van der Waals surface area (Å²) >= 11 is 6.45. The van der Waals surface area contributed by atoms with Crippen LogP contribution in [-0.4, -0.2) is 30.2 Å². The van der Waals surface area contributed by atoms with Crippen LogP contribution >= 0.6 is 11.6 Å². The number of hydrogen-bond acceptors (Lipinski definition) is 6. The van der Waals surface area contributed by atoms with Gasteiger partial charge in [0.2, 0.25) is 17.2 Å². The van der Waals surface area contributed by atoms with Gasteiger partial charge in [-0.3, -0.25) is 14.4 Å². The van der Waals surface area contributed by atoms with Gasteiger partial charge in [0.15, 0.2) is 0 Å². The third-order valence-corrected chi connectivity index (χ3v) is 6.45. The molecule has 1 aromatic carbocycles. The van der Waals surface area contributed by atoms with Gasteiger partial charge in [0, 0.05) is 35.7 Å². The van der Waals surface area contributed by atoms with Gasteiger partial charge in [-0.2, -0.15) is 0 Å². The van der Waals surface area contributed by atoms with Crippen LogP contribution in [0, 0.1) is 5.92 Å². The maximum atomic E-state index is 13.4. The van der Waals surface area contributed by atoms with Gasteiger partial charge in [0.05, 0.1) is 12.1 Å². The first-order valence-electron chi connectivity index (χ1n) is 11.4. The van der Waals surface area contributed by atoms with E-state index in [9.17, 15) is 14.4 Å². The van der Waals surface area contributed by atoms with Gasteiger partial charge < -0.3 is 14.4 Å². The Balaban J connectivity index is 2.16. The van der Waals surface area contributed by atoms with Gasteiger partial charge in [-0.15, -0.1) is 0 Å². The number of fused-ring (bicyclic) bond motifs is 1. The van der Waals surface area contributed by atoms with E-state index in [-0.39, 0.29) is 10.6 Å². The molecule has 0 unspecified atom stereocenters. The number of ketones is 2. The van der Waals surface area contributed by atoms with Crippen molar-refractivity contribution in [3.8, 4) is 5.75 Å². The molecule has 1 aliphatic carbocycles. The summed E-state index contributed by atoms with van der Waals surface area (Å²) in [5, 5.41) is -0.147. The predicted octanol–water partition coefficient (Wildman–Crippen LogP) is 5.80. The fraction of sp³-hybridized carbons (Fsp3) is 0.321. The number of Topliss-reactive ketones (excluding diaryl/α,β-unsaturated/α-hetero) is 2. The molecule has 184 valence electrons. The first-order valence-corrected chi connectivity index (χ1v) is 11.8. The molecular formula is C28H30ClNO5. The molecular weight excluding hydrogens is 466 g/mol. The quantitative estimate of drug-likeness (QED) is 0.270. The molecule has 0 radical (unpaired) electrons. The Morgan fingerprint density at radius 2 is 1.83 bits per heavy atom. The molecule has 6 nitrogen and oxygen atoms in total. The Morgan fingerprint density at radius 3 is 2.40 bits per heavy atom. The van der Waals surface area contributed by atoms with Crippen molar-refractivity contribution < 1.29 is 23.9 Å². The Bertz CT molecular complexity index is 1200. The van der Waals surface area contributed by atoms with Gasteiger partial charge in [0.25, 0.3) is 0 Å². The maximum Gasteiger partial charge on any atom is 0.304 e. The Morgan fingerprint density at radius 1 is 1.17 bits per heavy atom. The number of nitrogens with zero attached hydrogens (tertiary/aromatic N) is 1. The largest absolute Gasteiger partial charge is 0.497 e. The number of allylic oxidation sites excluding steroid dienone is 6. The lowest BCUT2D eigenvalue weighted by Crippen LogP contribution is -2.52. The lowest BCUT2D eigenvalue weighted by Gasteiger charge is -2.35. The molecule has 7 heteroatoms. The van der Waals surface area contributed by atoms with Crippen LogP contribution in [-0.2, 0) is 19.1 Å². The normalized spacial score (nSPS) is 21.6. The molecule has 1 heterocycles. The summed E-state index contributed by atoms with van der Waals surface area (Å²) in [4.78, 5) is 39.9. The number of methoxy groups -OCH3 is 1. The fourth-order valence-corrected chi connectivity index (χ4v) is 4.27.